The predicted octanol–water partition coefficient (Wildman–Crippen LogP) is 11.7. The molecule has 2 heterocycles. The van der Waals surface area contributed by atoms with Crippen LogP contribution in [0, 0.1) is 0 Å². The van der Waals surface area contributed by atoms with Gasteiger partial charge in [0, 0.05) is 27.5 Å². The number of amidine groups is 2. The molecule has 4 nitrogen and oxygen atoms in total. The van der Waals surface area contributed by atoms with Gasteiger partial charge in [-0.05, 0) is 62.0 Å². The van der Waals surface area contributed by atoms with Crippen molar-refractivity contribution < 1.29 is 4.42 Å². The van der Waals surface area contributed by atoms with E-state index in [1.165, 1.54) is 16.2 Å². The van der Waals surface area contributed by atoms with E-state index in [-0.39, 0.29) is 6.17 Å². The average Bonchev–Trinajstić information content (AvgIpc) is 3.58. The third-order valence-electron chi connectivity index (χ3n) is 9.93. The normalized spacial score (nSPS) is 14.5. The van der Waals surface area contributed by atoms with Gasteiger partial charge in [-0.25, -0.2) is 9.98 Å². The first-order valence-corrected chi connectivity index (χ1v) is 17.3. The zero-order valence-electron chi connectivity index (χ0n) is 27.6. The van der Waals surface area contributed by atoms with Crippen molar-refractivity contribution in [2.45, 2.75) is 6.17 Å². The predicted molar refractivity (Wildman–Crippen MR) is 211 cm³/mol. The molecule has 1 atom stereocenters. The number of nitrogens with zero attached hydrogens (tertiary/aromatic N) is 2. The van der Waals surface area contributed by atoms with Gasteiger partial charge in [0.15, 0.2) is 5.84 Å². The van der Waals surface area contributed by atoms with Gasteiger partial charge in [-0.1, -0.05) is 158 Å². The summed E-state index contributed by atoms with van der Waals surface area (Å²) in [6, 6.07) is 61.6. The summed E-state index contributed by atoms with van der Waals surface area (Å²) in [4.78, 5) is 10.0. The molecule has 10 rings (SSSR count). The van der Waals surface area contributed by atoms with E-state index in [4.69, 9.17) is 14.4 Å². The highest BCUT2D eigenvalue weighted by Crippen LogP contribution is 2.44. The van der Waals surface area contributed by atoms with Gasteiger partial charge in [-0.15, -0.1) is 0 Å². The molecule has 1 aromatic heterocycles. The Kier molecular flexibility index (Phi) is 6.85. The number of hydrogen-bond acceptors (Lipinski definition) is 4. The molecule has 0 radical (unpaired) electrons. The molecule has 0 spiro atoms. The largest absolute Gasteiger partial charge is 0.455 e. The number of nitrogens with one attached hydrogen (secondary N) is 1. The molecular weight excluding hydrogens is 623 g/mol. The number of benzene rings is 8. The Bertz CT molecular complexity index is 2810. The SMILES string of the molecule is c1ccc(C2=NC(c3ccc(-c4ccc(-c5cccc6ccccc56)c5oc6cc7ccccc7cc6c45)cc3)NC(c3ccccc3)=N2)cc1. The van der Waals surface area contributed by atoms with Gasteiger partial charge < -0.3 is 9.73 Å². The summed E-state index contributed by atoms with van der Waals surface area (Å²) in [7, 11) is 0. The molecule has 0 saturated carbocycles. The molecule has 0 aliphatic carbocycles. The minimum absolute atomic E-state index is 0.295. The fourth-order valence-corrected chi connectivity index (χ4v) is 7.40. The minimum atomic E-state index is -0.295. The van der Waals surface area contributed by atoms with E-state index in [1.54, 1.807) is 0 Å². The zero-order chi connectivity index (χ0) is 33.7. The van der Waals surface area contributed by atoms with Crippen LogP contribution in [0.1, 0.15) is 22.9 Å². The van der Waals surface area contributed by atoms with Crippen molar-refractivity contribution in [2.75, 3.05) is 0 Å². The Balaban J connectivity index is 1.12. The third-order valence-corrected chi connectivity index (χ3v) is 9.93. The molecule has 0 fully saturated rings. The molecule has 0 saturated heterocycles. The van der Waals surface area contributed by atoms with E-state index < -0.39 is 0 Å². The molecular formula is C47H31N3O. The average molecular weight is 654 g/mol. The number of aliphatic imine (C=N–C) groups is 2. The molecule has 1 N–H and O–H groups in total. The van der Waals surface area contributed by atoms with Gasteiger partial charge in [0.2, 0.25) is 0 Å². The lowest BCUT2D eigenvalue weighted by Crippen LogP contribution is -2.33. The number of hydrogen-bond donors (Lipinski definition) is 1. The van der Waals surface area contributed by atoms with E-state index >= 15 is 0 Å². The van der Waals surface area contributed by atoms with E-state index in [0.717, 1.165) is 72.1 Å². The Labute approximate surface area is 295 Å². The van der Waals surface area contributed by atoms with Crippen molar-refractivity contribution in [1.29, 1.82) is 0 Å². The summed E-state index contributed by atoms with van der Waals surface area (Å²) in [6.07, 6.45) is -0.295. The van der Waals surface area contributed by atoms with Gasteiger partial charge in [0.25, 0.3) is 0 Å². The van der Waals surface area contributed by atoms with Crippen LogP contribution < -0.4 is 5.32 Å². The summed E-state index contributed by atoms with van der Waals surface area (Å²) in [5.74, 6) is 1.52. The number of furan rings is 1. The van der Waals surface area contributed by atoms with E-state index in [2.05, 4.69) is 145 Å². The second-order valence-electron chi connectivity index (χ2n) is 13.0. The van der Waals surface area contributed by atoms with Crippen LogP contribution in [0.4, 0.5) is 0 Å². The lowest BCUT2D eigenvalue weighted by atomic mass is 9.92. The smallest absolute Gasteiger partial charge is 0.159 e. The molecule has 0 bridgehead atoms. The quantitative estimate of drug-likeness (QED) is 0.201. The fourth-order valence-electron chi connectivity index (χ4n) is 7.40. The molecule has 1 aliphatic heterocycles. The van der Waals surface area contributed by atoms with Gasteiger partial charge in [0.1, 0.15) is 23.2 Å². The van der Waals surface area contributed by atoms with Crippen LogP contribution in [0.3, 0.4) is 0 Å². The molecule has 8 aromatic carbocycles. The van der Waals surface area contributed by atoms with Crippen molar-refractivity contribution in [3.8, 4) is 22.3 Å². The van der Waals surface area contributed by atoms with Crippen LogP contribution in [0.25, 0.3) is 65.7 Å². The topological polar surface area (TPSA) is 49.9 Å². The summed E-state index contributed by atoms with van der Waals surface area (Å²) in [5.41, 5.74) is 9.35. The van der Waals surface area contributed by atoms with Crippen molar-refractivity contribution >= 4 is 55.2 Å². The second-order valence-corrected chi connectivity index (χ2v) is 13.0. The fraction of sp³-hybridized carbons (Fsp3) is 0.0213. The Morgan fingerprint density at radius 1 is 0.471 bits per heavy atom. The maximum absolute atomic E-state index is 6.84. The van der Waals surface area contributed by atoms with Gasteiger partial charge >= 0.3 is 0 Å². The van der Waals surface area contributed by atoms with E-state index in [9.17, 15) is 0 Å². The number of fused-ring (bicyclic) bond motifs is 5. The molecule has 1 unspecified atom stereocenters. The molecule has 51 heavy (non-hydrogen) atoms. The van der Waals surface area contributed by atoms with Crippen LogP contribution in [-0.4, -0.2) is 11.7 Å². The molecule has 0 amide bonds. The lowest BCUT2D eigenvalue weighted by Gasteiger charge is -2.24. The summed E-state index contributed by atoms with van der Waals surface area (Å²) < 4.78 is 6.84. The summed E-state index contributed by atoms with van der Waals surface area (Å²) in [5, 5.41) is 10.6. The highest BCUT2D eigenvalue weighted by Gasteiger charge is 2.22. The number of rotatable bonds is 5. The minimum Gasteiger partial charge on any atom is -0.455 e. The van der Waals surface area contributed by atoms with Crippen LogP contribution in [-0.2, 0) is 0 Å². The third kappa shape index (κ3) is 5.08. The van der Waals surface area contributed by atoms with Gasteiger partial charge in [-0.2, -0.15) is 0 Å². The van der Waals surface area contributed by atoms with Crippen LogP contribution in [0.15, 0.2) is 190 Å². The monoisotopic (exact) mass is 653 g/mol. The Morgan fingerprint density at radius 3 is 1.90 bits per heavy atom. The molecule has 240 valence electrons. The standard InChI is InChI=1S/C47H31N3O/c1-3-13-32(14-4-1)45-48-46(33-15-5-2-6-16-33)50-47(49-45)34-24-22-31(23-25-34)38-26-27-40(39-21-11-19-30-12-9-10-20-37(30)39)44-43(38)41-28-35-17-7-8-18-36(35)29-42(41)51-44/h1-29,47H,(H,48,49,50). The van der Waals surface area contributed by atoms with Crippen LogP contribution in [0.2, 0.25) is 0 Å². The van der Waals surface area contributed by atoms with Gasteiger partial charge in [-0.3, -0.25) is 0 Å². The first kappa shape index (κ1) is 29.2. The Hall–Kier alpha value is -6.78. The molecule has 1 aliphatic rings. The highest BCUT2D eigenvalue weighted by molar-refractivity contribution is 6.20. The van der Waals surface area contributed by atoms with Crippen molar-refractivity contribution in [3.05, 3.63) is 193 Å². The van der Waals surface area contributed by atoms with E-state index in [1.807, 2.05) is 36.4 Å². The zero-order valence-corrected chi connectivity index (χ0v) is 27.6. The van der Waals surface area contributed by atoms with Gasteiger partial charge in [0.05, 0.1) is 0 Å². The molecule has 4 heteroatoms. The van der Waals surface area contributed by atoms with Crippen molar-refractivity contribution in [2.24, 2.45) is 9.98 Å². The first-order chi connectivity index (χ1) is 25.3. The Morgan fingerprint density at radius 2 is 1.12 bits per heavy atom. The van der Waals surface area contributed by atoms with Crippen LogP contribution in [0.5, 0.6) is 0 Å². The molecule has 9 aromatic rings. The van der Waals surface area contributed by atoms with Crippen molar-refractivity contribution in [1.82, 2.24) is 5.32 Å². The summed E-state index contributed by atoms with van der Waals surface area (Å²) in [6.45, 7) is 0. The second kappa shape index (κ2) is 12.0. The first-order valence-electron chi connectivity index (χ1n) is 17.3. The maximum atomic E-state index is 6.84. The summed E-state index contributed by atoms with van der Waals surface area (Å²) >= 11 is 0. The van der Waals surface area contributed by atoms with E-state index in [0.29, 0.717) is 5.84 Å². The maximum Gasteiger partial charge on any atom is 0.159 e. The highest BCUT2D eigenvalue weighted by atomic mass is 16.3. The van der Waals surface area contributed by atoms with Crippen molar-refractivity contribution in [3.63, 3.8) is 0 Å². The van der Waals surface area contributed by atoms with Crippen LogP contribution >= 0.6 is 0 Å². The lowest BCUT2D eigenvalue weighted by molar-refractivity contribution is 0.670.